The summed E-state index contributed by atoms with van der Waals surface area (Å²) in [7, 11) is 0. The van der Waals surface area contributed by atoms with Gasteiger partial charge < -0.3 is 14.7 Å². The van der Waals surface area contributed by atoms with E-state index in [0.717, 1.165) is 0 Å². The van der Waals surface area contributed by atoms with Crippen LogP contribution in [0.1, 0.15) is 12.8 Å². The van der Waals surface area contributed by atoms with Crippen LogP contribution in [0.3, 0.4) is 0 Å². The molecule has 0 bridgehead atoms. The third-order valence-electron chi connectivity index (χ3n) is 3.45. The minimum absolute atomic E-state index is 0.143. The number of aliphatic carboxylic acids is 1. The van der Waals surface area contributed by atoms with Gasteiger partial charge in [-0.25, -0.2) is 4.39 Å². The lowest BCUT2D eigenvalue weighted by Crippen LogP contribution is -2.42. The molecule has 1 aliphatic heterocycles. The van der Waals surface area contributed by atoms with Crippen molar-refractivity contribution >= 4 is 27.8 Å². The third-order valence-corrected chi connectivity index (χ3v) is 4.06. The Bertz CT molecular complexity index is 544. The lowest BCUT2D eigenvalue weighted by molar-refractivity contribution is -0.146. The van der Waals surface area contributed by atoms with E-state index in [1.165, 1.54) is 18.2 Å². The first-order valence-corrected chi connectivity index (χ1v) is 7.35. The molecule has 1 aromatic carbocycles. The maximum atomic E-state index is 13.1. The second kappa shape index (κ2) is 6.89. The van der Waals surface area contributed by atoms with Gasteiger partial charge in [0.1, 0.15) is 11.6 Å². The molecule has 1 fully saturated rings. The molecule has 0 spiro atoms. The molecule has 0 aromatic heterocycles. The number of nitrogens with zero attached hydrogens (tertiary/aromatic N) is 1. The summed E-state index contributed by atoms with van der Waals surface area (Å²) in [6.07, 6.45) is 0.923. The van der Waals surface area contributed by atoms with Crippen LogP contribution in [0.25, 0.3) is 0 Å². The van der Waals surface area contributed by atoms with Crippen molar-refractivity contribution in [2.45, 2.75) is 12.8 Å². The minimum Gasteiger partial charge on any atom is -0.484 e. The number of benzene rings is 1. The van der Waals surface area contributed by atoms with E-state index in [1.807, 2.05) is 0 Å². The molecule has 1 aromatic rings. The van der Waals surface area contributed by atoms with E-state index >= 15 is 0 Å². The van der Waals surface area contributed by atoms with Crippen LogP contribution in [-0.4, -0.2) is 41.6 Å². The van der Waals surface area contributed by atoms with Crippen molar-refractivity contribution in [2.24, 2.45) is 5.92 Å². The Hall–Kier alpha value is -1.63. The highest BCUT2D eigenvalue weighted by molar-refractivity contribution is 9.10. The maximum Gasteiger partial charge on any atom is 0.306 e. The number of rotatable bonds is 4. The molecule has 2 rings (SSSR count). The number of piperidine rings is 1. The van der Waals surface area contributed by atoms with E-state index in [9.17, 15) is 14.0 Å². The molecule has 1 aliphatic rings. The Morgan fingerprint density at radius 3 is 2.62 bits per heavy atom. The predicted molar refractivity (Wildman–Crippen MR) is 76.5 cm³/mol. The predicted octanol–water partition coefficient (Wildman–Crippen LogP) is 2.29. The van der Waals surface area contributed by atoms with Crippen LogP contribution in [0, 0.1) is 11.7 Å². The SMILES string of the molecule is O=C(O)C1CCN(C(=O)COc2ccc(F)c(Br)c2)CC1. The number of carboxylic acids is 1. The van der Waals surface area contributed by atoms with Crippen molar-refractivity contribution in [3.05, 3.63) is 28.5 Å². The average molecular weight is 360 g/mol. The van der Waals surface area contributed by atoms with Crippen LogP contribution in [-0.2, 0) is 9.59 Å². The van der Waals surface area contributed by atoms with Gasteiger partial charge in [-0.2, -0.15) is 0 Å². The number of halogens is 2. The molecule has 114 valence electrons. The number of carbonyl (C=O) groups excluding carboxylic acids is 1. The summed E-state index contributed by atoms with van der Waals surface area (Å²) < 4.78 is 18.7. The van der Waals surface area contributed by atoms with Crippen molar-refractivity contribution in [1.29, 1.82) is 0 Å². The zero-order valence-electron chi connectivity index (χ0n) is 11.2. The number of carboxylic acid groups (broad SMARTS) is 1. The molecule has 5 nitrogen and oxygen atoms in total. The molecule has 21 heavy (non-hydrogen) atoms. The van der Waals surface area contributed by atoms with E-state index in [-0.39, 0.29) is 22.9 Å². The van der Waals surface area contributed by atoms with E-state index in [0.29, 0.717) is 31.7 Å². The van der Waals surface area contributed by atoms with Crippen molar-refractivity contribution < 1.29 is 23.8 Å². The second-order valence-electron chi connectivity index (χ2n) is 4.86. The standard InChI is InChI=1S/C14H15BrFNO4/c15-11-7-10(1-2-12(11)16)21-8-13(18)17-5-3-9(4-6-17)14(19)20/h1-2,7,9H,3-6,8H2,(H,19,20). The van der Waals surface area contributed by atoms with E-state index < -0.39 is 11.8 Å². The highest BCUT2D eigenvalue weighted by atomic mass is 79.9. The molecular weight excluding hydrogens is 345 g/mol. The summed E-state index contributed by atoms with van der Waals surface area (Å²) in [6.45, 7) is 0.703. The molecule has 0 radical (unpaired) electrons. The Morgan fingerprint density at radius 1 is 1.38 bits per heavy atom. The Kier molecular flexibility index (Phi) is 5.17. The monoisotopic (exact) mass is 359 g/mol. The van der Waals surface area contributed by atoms with Crippen LogP contribution in [0.5, 0.6) is 5.75 Å². The zero-order chi connectivity index (χ0) is 15.4. The van der Waals surface area contributed by atoms with Crippen LogP contribution in [0.15, 0.2) is 22.7 Å². The van der Waals surface area contributed by atoms with Gasteiger partial charge in [0.25, 0.3) is 5.91 Å². The zero-order valence-corrected chi connectivity index (χ0v) is 12.8. The van der Waals surface area contributed by atoms with E-state index in [4.69, 9.17) is 9.84 Å². The molecule has 1 N–H and O–H groups in total. The summed E-state index contributed by atoms with van der Waals surface area (Å²) in [6, 6.07) is 4.16. The Morgan fingerprint density at radius 2 is 2.05 bits per heavy atom. The lowest BCUT2D eigenvalue weighted by Gasteiger charge is -2.30. The summed E-state index contributed by atoms with van der Waals surface area (Å²) in [5.74, 6) is -1.38. The average Bonchev–Trinajstić information content (AvgIpc) is 2.48. The van der Waals surface area contributed by atoms with Crippen LogP contribution in [0.4, 0.5) is 4.39 Å². The van der Waals surface area contributed by atoms with Crippen molar-refractivity contribution in [3.63, 3.8) is 0 Å². The van der Waals surface area contributed by atoms with E-state index in [1.54, 1.807) is 4.90 Å². The highest BCUT2D eigenvalue weighted by Gasteiger charge is 2.27. The van der Waals surface area contributed by atoms with Crippen molar-refractivity contribution in [3.8, 4) is 5.75 Å². The number of ether oxygens (including phenoxy) is 1. The Balaban J connectivity index is 1.82. The topological polar surface area (TPSA) is 66.8 Å². The first-order valence-electron chi connectivity index (χ1n) is 6.56. The summed E-state index contributed by atoms with van der Waals surface area (Å²) in [5.41, 5.74) is 0. The van der Waals surface area contributed by atoms with Crippen LogP contribution < -0.4 is 4.74 Å². The van der Waals surface area contributed by atoms with Crippen LogP contribution >= 0.6 is 15.9 Å². The molecule has 7 heteroatoms. The van der Waals surface area contributed by atoms with Gasteiger partial charge in [-0.05, 0) is 47.0 Å². The quantitative estimate of drug-likeness (QED) is 0.895. The fraction of sp³-hybridized carbons (Fsp3) is 0.429. The molecule has 0 atom stereocenters. The third kappa shape index (κ3) is 4.17. The number of amides is 1. The lowest BCUT2D eigenvalue weighted by atomic mass is 9.97. The van der Waals surface area contributed by atoms with Gasteiger partial charge in [-0.3, -0.25) is 9.59 Å². The van der Waals surface area contributed by atoms with Gasteiger partial charge in [-0.15, -0.1) is 0 Å². The van der Waals surface area contributed by atoms with Gasteiger partial charge in [0, 0.05) is 13.1 Å². The largest absolute Gasteiger partial charge is 0.484 e. The first-order chi connectivity index (χ1) is 9.97. The molecule has 0 unspecified atom stereocenters. The smallest absolute Gasteiger partial charge is 0.306 e. The second-order valence-corrected chi connectivity index (χ2v) is 5.71. The van der Waals surface area contributed by atoms with Crippen molar-refractivity contribution in [1.82, 2.24) is 4.90 Å². The van der Waals surface area contributed by atoms with Gasteiger partial charge in [-0.1, -0.05) is 0 Å². The molecule has 1 amide bonds. The molecule has 0 saturated carbocycles. The minimum atomic E-state index is -0.811. The van der Waals surface area contributed by atoms with Gasteiger partial charge in [0.05, 0.1) is 10.4 Å². The molecule has 1 saturated heterocycles. The van der Waals surface area contributed by atoms with E-state index in [2.05, 4.69) is 15.9 Å². The molecule has 1 heterocycles. The number of hydrogen-bond acceptors (Lipinski definition) is 3. The summed E-state index contributed by atoms with van der Waals surface area (Å²) in [5, 5.41) is 8.90. The highest BCUT2D eigenvalue weighted by Crippen LogP contribution is 2.22. The maximum absolute atomic E-state index is 13.1. The summed E-state index contributed by atoms with van der Waals surface area (Å²) in [4.78, 5) is 24.4. The first kappa shape index (κ1) is 15.8. The number of hydrogen-bond donors (Lipinski definition) is 1. The number of carbonyl (C=O) groups is 2. The van der Waals surface area contributed by atoms with Gasteiger partial charge in [0.2, 0.25) is 0 Å². The van der Waals surface area contributed by atoms with Gasteiger partial charge in [0.15, 0.2) is 6.61 Å². The normalized spacial score (nSPS) is 15.8. The summed E-state index contributed by atoms with van der Waals surface area (Å²) >= 11 is 3.04. The fourth-order valence-electron chi connectivity index (χ4n) is 2.18. The molecular formula is C14H15BrFNO4. The number of likely N-dealkylation sites (tertiary alicyclic amines) is 1. The van der Waals surface area contributed by atoms with Crippen molar-refractivity contribution in [2.75, 3.05) is 19.7 Å². The van der Waals surface area contributed by atoms with Gasteiger partial charge >= 0.3 is 5.97 Å². The Labute approximate surface area is 129 Å². The van der Waals surface area contributed by atoms with Crippen LogP contribution in [0.2, 0.25) is 0 Å². The molecule has 0 aliphatic carbocycles. The fourth-order valence-corrected chi connectivity index (χ4v) is 2.54.